The van der Waals surface area contributed by atoms with Crippen LogP contribution in [0.3, 0.4) is 0 Å². The molecular formula is C20H25ClN2O3S. The van der Waals surface area contributed by atoms with E-state index in [-0.39, 0.29) is 17.4 Å². The van der Waals surface area contributed by atoms with Crippen LogP contribution in [0.15, 0.2) is 29.4 Å². The minimum Gasteiger partial charge on any atom is -0.496 e. The zero-order valence-corrected chi connectivity index (χ0v) is 17.7. The van der Waals surface area contributed by atoms with Crippen molar-refractivity contribution >= 4 is 28.8 Å². The molecule has 1 aromatic carbocycles. The zero-order chi connectivity index (χ0) is 19.6. The molecule has 1 aliphatic rings. The van der Waals surface area contributed by atoms with E-state index in [0.29, 0.717) is 27.7 Å². The summed E-state index contributed by atoms with van der Waals surface area (Å²) in [4.78, 5) is 19.1. The second-order valence-corrected chi connectivity index (χ2v) is 9.12. The SMILES string of the molecule is COc1ccc(Cl)cc1C(=O)N=c1sc(C(C)(C)C)cn1C[C@H]1CCCO1. The summed E-state index contributed by atoms with van der Waals surface area (Å²) in [5.41, 5.74) is 0.340. The fourth-order valence-electron chi connectivity index (χ4n) is 2.95. The average Bonchev–Trinajstić information content (AvgIpc) is 3.25. The predicted molar refractivity (Wildman–Crippen MR) is 108 cm³/mol. The molecule has 0 bridgehead atoms. The molecule has 1 aliphatic heterocycles. The van der Waals surface area contributed by atoms with Crippen LogP contribution in [0.2, 0.25) is 5.02 Å². The quantitative estimate of drug-likeness (QED) is 0.751. The summed E-state index contributed by atoms with van der Waals surface area (Å²) in [6.07, 6.45) is 4.37. The highest BCUT2D eigenvalue weighted by atomic mass is 35.5. The molecule has 0 N–H and O–H groups in total. The number of ether oxygens (including phenoxy) is 2. The molecule has 146 valence electrons. The second-order valence-electron chi connectivity index (χ2n) is 7.68. The van der Waals surface area contributed by atoms with Crippen LogP contribution in [-0.2, 0) is 16.7 Å². The lowest BCUT2D eigenvalue weighted by Gasteiger charge is -2.15. The molecule has 1 saturated heterocycles. The van der Waals surface area contributed by atoms with Crippen molar-refractivity contribution in [3.8, 4) is 5.75 Å². The smallest absolute Gasteiger partial charge is 0.283 e. The number of carbonyl (C=O) groups is 1. The van der Waals surface area contributed by atoms with Crippen molar-refractivity contribution < 1.29 is 14.3 Å². The van der Waals surface area contributed by atoms with Gasteiger partial charge in [0.25, 0.3) is 5.91 Å². The Hall–Kier alpha value is -1.63. The van der Waals surface area contributed by atoms with E-state index in [4.69, 9.17) is 21.1 Å². The number of benzene rings is 1. The maximum Gasteiger partial charge on any atom is 0.283 e. The minimum absolute atomic E-state index is 0.0203. The van der Waals surface area contributed by atoms with Gasteiger partial charge in [0.2, 0.25) is 0 Å². The van der Waals surface area contributed by atoms with Gasteiger partial charge in [0.15, 0.2) is 4.80 Å². The van der Waals surface area contributed by atoms with Crippen molar-refractivity contribution in [2.75, 3.05) is 13.7 Å². The number of nitrogens with zero attached hydrogens (tertiary/aromatic N) is 2. The lowest BCUT2D eigenvalue weighted by atomic mass is 9.95. The number of hydrogen-bond donors (Lipinski definition) is 0. The van der Waals surface area contributed by atoms with Crippen LogP contribution in [0.5, 0.6) is 5.75 Å². The fraction of sp³-hybridized carbons (Fsp3) is 0.500. The molecule has 1 amide bonds. The summed E-state index contributed by atoms with van der Waals surface area (Å²) >= 11 is 7.60. The molecule has 1 aromatic heterocycles. The van der Waals surface area contributed by atoms with E-state index < -0.39 is 0 Å². The molecule has 0 saturated carbocycles. The lowest BCUT2D eigenvalue weighted by Crippen LogP contribution is -2.23. The number of aromatic nitrogens is 1. The highest BCUT2D eigenvalue weighted by Gasteiger charge is 2.22. The Balaban J connectivity index is 2.02. The number of halogens is 1. The van der Waals surface area contributed by atoms with Gasteiger partial charge in [-0.05, 0) is 36.5 Å². The Kier molecular flexibility index (Phi) is 6.08. The predicted octanol–water partition coefficient (Wildman–Crippen LogP) is 4.43. The first kappa shape index (κ1) is 20.1. The van der Waals surface area contributed by atoms with Gasteiger partial charge in [-0.3, -0.25) is 4.79 Å². The van der Waals surface area contributed by atoms with Crippen molar-refractivity contribution in [1.29, 1.82) is 0 Å². The molecule has 0 radical (unpaired) electrons. The molecule has 0 unspecified atom stereocenters. The van der Waals surface area contributed by atoms with Gasteiger partial charge in [-0.25, -0.2) is 0 Å². The maximum absolute atomic E-state index is 12.9. The maximum atomic E-state index is 12.9. The molecule has 1 atom stereocenters. The molecule has 27 heavy (non-hydrogen) atoms. The first-order valence-electron chi connectivity index (χ1n) is 9.03. The lowest BCUT2D eigenvalue weighted by molar-refractivity contribution is 0.0948. The Morgan fingerprint density at radius 2 is 2.22 bits per heavy atom. The highest BCUT2D eigenvalue weighted by Crippen LogP contribution is 2.26. The summed E-state index contributed by atoms with van der Waals surface area (Å²) in [7, 11) is 1.53. The van der Waals surface area contributed by atoms with Crippen molar-refractivity contribution in [2.45, 2.75) is 51.7 Å². The molecule has 2 heterocycles. The van der Waals surface area contributed by atoms with Gasteiger partial charge in [-0.1, -0.05) is 32.4 Å². The van der Waals surface area contributed by atoms with Crippen LogP contribution in [0.25, 0.3) is 0 Å². The number of amides is 1. The summed E-state index contributed by atoms with van der Waals surface area (Å²) < 4.78 is 13.1. The number of methoxy groups -OCH3 is 1. The summed E-state index contributed by atoms with van der Waals surface area (Å²) in [5.74, 6) is 0.101. The summed E-state index contributed by atoms with van der Waals surface area (Å²) in [5, 5.41) is 0.475. The monoisotopic (exact) mass is 408 g/mol. The van der Waals surface area contributed by atoms with Gasteiger partial charge < -0.3 is 14.0 Å². The molecule has 0 spiro atoms. The van der Waals surface area contributed by atoms with Crippen LogP contribution in [0.1, 0.15) is 48.8 Å². The average molecular weight is 409 g/mol. The van der Waals surface area contributed by atoms with Crippen LogP contribution in [-0.4, -0.2) is 30.3 Å². The summed E-state index contributed by atoms with van der Waals surface area (Å²) in [6.45, 7) is 7.96. The van der Waals surface area contributed by atoms with Gasteiger partial charge >= 0.3 is 0 Å². The molecule has 7 heteroatoms. The first-order valence-corrected chi connectivity index (χ1v) is 10.2. The van der Waals surface area contributed by atoms with E-state index in [1.165, 1.54) is 23.3 Å². The van der Waals surface area contributed by atoms with Gasteiger partial charge in [0.05, 0.1) is 25.3 Å². The highest BCUT2D eigenvalue weighted by molar-refractivity contribution is 7.09. The molecule has 5 nitrogen and oxygen atoms in total. The Labute approximate surface area is 168 Å². The van der Waals surface area contributed by atoms with Gasteiger partial charge in [-0.15, -0.1) is 11.3 Å². The standard InChI is InChI=1S/C20H25ClN2O3S/c1-20(2,3)17-12-23(11-14-6-5-9-26-14)19(27-17)22-18(24)15-10-13(21)7-8-16(15)25-4/h7-8,10,12,14H,5-6,9,11H2,1-4H3/t14-/m1/s1. The van der Waals surface area contributed by atoms with Crippen LogP contribution in [0.4, 0.5) is 0 Å². The molecule has 0 aliphatic carbocycles. The second kappa shape index (κ2) is 8.17. The third kappa shape index (κ3) is 4.81. The van der Waals surface area contributed by atoms with E-state index in [1.807, 2.05) is 4.57 Å². The van der Waals surface area contributed by atoms with Crippen LogP contribution in [0, 0.1) is 0 Å². The van der Waals surface area contributed by atoms with E-state index in [1.54, 1.807) is 18.2 Å². The van der Waals surface area contributed by atoms with E-state index in [0.717, 1.165) is 19.4 Å². The van der Waals surface area contributed by atoms with Gasteiger partial charge in [0, 0.05) is 22.7 Å². The van der Waals surface area contributed by atoms with Crippen molar-refractivity contribution in [3.63, 3.8) is 0 Å². The topological polar surface area (TPSA) is 52.8 Å². The molecule has 3 rings (SSSR count). The van der Waals surface area contributed by atoms with E-state index in [2.05, 4.69) is 32.0 Å². The van der Waals surface area contributed by atoms with Crippen molar-refractivity contribution in [1.82, 2.24) is 4.57 Å². The van der Waals surface area contributed by atoms with E-state index in [9.17, 15) is 4.79 Å². The van der Waals surface area contributed by atoms with E-state index >= 15 is 0 Å². The first-order chi connectivity index (χ1) is 12.8. The molecule has 2 aromatic rings. The Morgan fingerprint density at radius 3 is 2.85 bits per heavy atom. The van der Waals surface area contributed by atoms with Crippen molar-refractivity contribution in [3.05, 3.63) is 44.7 Å². The molecule has 1 fully saturated rings. The van der Waals surface area contributed by atoms with Crippen LogP contribution >= 0.6 is 22.9 Å². The molecular weight excluding hydrogens is 384 g/mol. The van der Waals surface area contributed by atoms with Gasteiger partial charge in [0.1, 0.15) is 5.75 Å². The van der Waals surface area contributed by atoms with Gasteiger partial charge in [-0.2, -0.15) is 4.99 Å². The third-order valence-electron chi connectivity index (χ3n) is 4.47. The number of rotatable bonds is 4. The Bertz CT molecular complexity index is 889. The summed E-state index contributed by atoms with van der Waals surface area (Å²) in [6, 6.07) is 4.97. The van der Waals surface area contributed by atoms with Crippen molar-refractivity contribution in [2.24, 2.45) is 4.99 Å². The number of hydrogen-bond acceptors (Lipinski definition) is 4. The number of carbonyl (C=O) groups excluding carboxylic acids is 1. The number of thiazole rings is 1. The normalized spacial score (nSPS) is 18.1. The third-order valence-corrected chi connectivity index (χ3v) is 6.15. The van der Waals surface area contributed by atoms with Crippen LogP contribution < -0.4 is 9.54 Å². The zero-order valence-electron chi connectivity index (χ0n) is 16.1. The fourth-order valence-corrected chi connectivity index (χ4v) is 4.17. The largest absolute Gasteiger partial charge is 0.496 e. The minimum atomic E-state index is -0.363. The Morgan fingerprint density at radius 1 is 1.44 bits per heavy atom.